The molecule has 7 heteroatoms. The number of hydrogen-bond acceptors (Lipinski definition) is 6. The summed E-state index contributed by atoms with van der Waals surface area (Å²) in [4.78, 5) is 27.0. The Bertz CT molecular complexity index is 1390. The monoisotopic (exact) mass is 429 g/mol. The van der Waals surface area contributed by atoms with E-state index in [4.69, 9.17) is 4.42 Å². The number of imidazole rings is 1. The molecule has 2 aliphatic heterocycles. The summed E-state index contributed by atoms with van der Waals surface area (Å²) in [5.41, 5.74) is 4.97. The molecule has 0 aliphatic carbocycles. The molecule has 7 nitrogen and oxygen atoms in total. The molecule has 0 saturated carbocycles. The van der Waals surface area contributed by atoms with Crippen molar-refractivity contribution in [1.29, 1.82) is 0 Å². The quantitative estimate of drug-likeness (QED) is 0.465. The van der Waals surface area contributed by atoms with Crippen LogP contribution in [0.25, 0.3) is 27.9 Å². The summed E-state index contributed by atoms with van der Waals surface area (Å²) in [5.74, 6) is 1.47. The van der Waals surface area contributed by atoms with Crippen LogP contribution in [-0.4, -0.2) is 52.0 Å². The molecule has 3 aromatic heterocycles. The number of nitrogens with zero attached hydrogens (tertiary/aromatic N) is 5. The van der Waals surface area contributed by atoms with Crippen LogP contribution in [-0.2, 0) is 0 Å². The van der Waals surface area contributed by atoms with Gasteiger partial charge in [0.15, 0.2) is 5.65 Å². The van der Waals surface area contributed by atoms with Gasteiger partial charge in [0.05, 0.1) is 22.6 Å². The maximum absolute atomic E-state index is 12.9. The molecular formula is C25H27N5O2. The zero-order valence-electron chi connectivity index (χ0n) is 18.7. The minimum Gasteiger partial charge on any atom is -0.422 e. The number of anilines is 1. The number of likely N-dealkylation sites (tertiary alicyclic amines) is 1. The summed E-state index contributed by atoms with van der Waals surface area (Å²) in [5, 5.41) is 0.906. The summed E-state index contributed by atoms with van der Waals surface area (Å²) in [6.45, 7) is 11.8. The zero-order chi connectivity index (χ0) is 22.0. The SMILES string of the molecule is CCN1C[C@@H]2CN(c3ccc4cc(-c5cn6cc(C)nc(C)c6n5)c(=O)oc4c3)C[C@@H]2C1. The largest absolute Gasteiger partial charge is 0.422 e. The van der Waals surface area contributed by atoms with Gasteiger partial charge in [0.2, 0.25) is 0 Å². The maximum atomic E-state index is 12.9. The minimum absolute atomic E-state index is 0.364. The fraction of sp³-hybridized carbons (Fsp3) is 0.400. The van der Waals surface area contributed by atoms with E-state index >= 15 is 0 Å². The van der Waals surface area contributed by atoms with Crippen molar-refractivity contribution in [3.05, 3.63) is 58.5 Å². The Morgan fingerprint density at radius 1 is 1.03 bits per heavy atom. The molecular weight excluding hydrogens is 402 g/mol. The molecule has 0 unspecified atom stereocenters. The van der Waals surface area contributed by atoms with Gasteiger partial charge in [-0.15, -0.1) is 0 Å². The maximum Gasteiger partial charge on any atom is 0.345 e. The van der Waals surface area contributed by atoms with Crippen molar-refractivity contribution >= 4 is 22.3 Å². The molecule has 2 atom stereocenters. The normalized spacial score (nSPS) is 21.2. The highest BCUT2D eigenvalue weighted by molar-refractivity contribution is 5.84. The van der Waals surface area contributed by atoms with Crippen LogP contribution in [0.3, 0.4) is 0 Å². The third-order valence-electron chi connectivity index (χ3n) is 7.10. The third-order valence-corrected chi connectivity index (χ3v) is 7.10. The third kappa shape index (κ3) is 3.11. The van der Waals surface area contributed by atoms with E-state index < -0.39 is 0 Å². The van der Waals surface area contributed by atoms with Crippen LogP contribution in [0.1, 0.15) is 18.3 Å². The lowest BCUT2D eigenvalue weighted by atomic mass is 10.0. The summed E-state index contributed by atoms with van der Waals surface area (Å²) < 4.78 is 7.69. The van der Waals surface area contributed by atoms with Gasteiger partial charge >= 0.3 is 5.63 Å². The number of fused-ring (bicyclic) bond motifs is 3. The van der Waals surface area contributed by atoms with Gasteiger partial charge in [0.1, 0.15) is 5.58 Å². The molecule has 2 fully saturated rings. The van der Waals surface area contributed by atoms with E-state index in [9.17, 15) is 4.79 Å². The molecule has 2 aliphatic rings. The number of benzene rings is 1. The Morgan fingerprint density at radius 2 is 1.81 bits per heavy atom. The molecule has 164 valence electrons. The average molecular weight is 430 g/mol. The summed E-state index contributed by atoms with van der Waals surface area (Å²) >= 11 is 0. The second kappa shape index (κ2) is 7.17. The van der Waals surface area contributed by atoms with E-state index in [-0.39, 0.29) is 5.63 Å². The van der Waals surface area contributed by atoms with Crippen molar-refractivity contribution in [2.75, 3.05) is 37.6 Å². The van der Waals surface area contributed by atoms with Crippen molar-refractivity contribution in [2.24, 2.45) is 11.8 Å². The van der Waals surface area contributed by atoms with Gasteiger partial charge in [-0.3, -0.25) is 4.98 Å². The molecule has 0 amide bonds. The number of aryl methyl sites for hydroxylation is 2. The van der Waals surface area contributed by atoms with Crippen LogP contribution < -0.4 is 10.5 Å². The van der Waals surface area contributed by atoms with Gasteiger partial charge in [0, 0.05) is 55.7 Å². The molecule has 0 radical (unpaired) electrons. The van der Waals surface area contributed by atoms with Gasteiger partial charge in [-0.1, -0.05) is 6.92 Å². The summed E-state index contributed by atoms with van der Waals surface area (Å²) in [6.07, 6.45) is 3.78. The highest BCUT2D eigenvalue weighted by atomic mass is 16.4. The van der Waals surface area contributed by atoms with Crippen molar-refractivity contribution in [1.82, 2.24) is 19.3 Å². The Kier molecular flexibility index (Phi) is 4.37. The summed E-state index contributed by atoms with van der Waals surface area (Å²) in [7, 11) is 0. The van der Waals surface area contributed by atoms with Crippen molar-refractivity contribution in [2.45, 2.75) is 20.8 Å². The Morgan fingerprint density at radius 3 is 2.56 bits per heavy atom. The predicted molar refractivity (Wildman–Crippen MR) is 125 cm³/mol. The highest BCUT2D eigenvalue weighted by Crippen LogP contribution is 2.35. The first-order chi connectivity index (χ1) is 15.5. The standard InChI is InChI=1S/C25H27N5O2/c1-4-28-10-18-12-29(13-19(18)11-28)20-6-5-17-7-21(25(31)32-23(17)8-20)22-14-30-9-15(2)26-16(3)24(30)27-22/h5-9,14,18-19H,4,10-13H2,1-3H3/t18-,19+. The molecule has 1 aromatic carbocycles. The van der Waals surface area contributed by atoms with Crippen LogP contribution in [0.15, 0.2) is 45.9 Å². The second-order valence-electron chi connectivity index (χ2n) is 9.27. The van der Waals surface area contributed by atoms with Crippen molar-refractivity contribution in [3.63, 3.8) is 0 Å². The van der Waals surface area contributed by atoms with Crippen LogP contribution in [0, 0.1) is 25.7 Å². The van der Waals surface area contributed by atoms with E-state index in [0.717, 1.165) is 59.6 Å². The van der Waals surface area contributed by atoms with Gasteiger partial charge in [0.25, 0.3) is 0 Å². The number of aromatic nitrogens is 3. The van der Waals surface area contributed by atoms with Crippen LogP contribution >= 0.6 is 0 Å². The van der Waals surface area contributed by atoms with E-state index in [1.54, 1.807) is 0 Å². The second-order valence-corrected chi connectivity index (χ2v) is 9.27. The first-order valence-electron chi connectivity index (χ1n) is 11.4. The Labute approximate surface area is 186 Å². The number of hydrogen-bond donors (Lipinski definition) is 0. The molecule has 0 spiro atoms. The van der Waals surface area contributed by atoms with E-state index in [1.807, 2.05) is 42.8 Å². The van der Waals surface area contributed by atoms with E-state index in [2.05, 4.69) is 38.8 Å². The van der Waals surface area contributed by atoms with Crippen molar-refractivity contribution in [3.8, 4) is 11.3 Å². The van der Waals surface area contributed by atoms with Gasteiger partial charge in [-0.25, -0.2) is 9.78 Å². The first kappa shape index (κ1) is 19.5. The lowest BCUT2D eigenvalue weighted by molar-refractivity contribution is 0.334. The minimum atomic E-state index is -0.364. The van der Waals surface area contributed by atoms with Crippen LogP contribution in [0.5, 0.6) is 0 Å². The van der Waals surface area contributed by atoms with Crippen LogP contribution in [0.2, 0.25) is 0 Å². The molecule has 32 heavy (non-hydrogen) atoms. The Balaban J connectivity index is 1.33. The lowest BCUT2D eigenvalue weighted by Gasteiger charge is -2.22. The van der Waals surface area contributed by atoms with Crippen LogP contribution in [0.4, 0.5) is 5.69 Å². The molecule has 5 heterocycles. The summed E-state index contributed by atoms with van der Waals surface area (Å²) in [6, 6.07) is 8.10. The van der Waals surface area contributed by atoms with E-state index in [0.29, 0.717) is 16.8 Å². The average Bonchev–Trinajstić information content (AvgIpc) is 3.45. The molecule has 6 rings (SSSR count). The highest BCUT2D eigenvalue weighted by Gasteiger charge is 2.39. The lowest BCUT2D eigenvalue weighted by Crippen LogP contribution is -2.28. The Hall–Kier alpha value is -3.19. The predicted octanol–water partition coefficient (Wildman–Crippen LogP) is 3.51. The molecule has 2 saturated heterocycles. The molecule has 0 bridgehead atoms. The molecule has 4 aromatic rings. The van der Waals surface area contributed by atoms with Gasteiger partial charge in [-0.2, -0.15) is 0 Å². The zero-order valence-corrected chi connectivity index (χ0v) is 18.7. The first-order valence-corrected chi connectivity index (χ1v) is 11.4. The van der Waals surface area contributed by atoms with Crippen molar-refractivity contribution < 1.29 is 4.42 Å². The number of rotatable bonds is 3. The topological polar surface area (TPSA) is 66.9 Å². The van der Waals surface area contributed by atoms with Gasteiger partial charge in [-0.05, 0) is 50.4 Å². The smallest absolute Gasteiger partial charge is 0.345 e. The van der Waals surface area contributed by atoms with Gasteiger partial charge < -0.3 is 18.6 Å². The van der Waals surface area contributed by atoms with E-state index in [1.165, 1.54) is 13.1 Å². The fourth-order valence-electron chi connectivity index (χ4n) is 5.47. The molecule has 0 N–H and O–H groups in total. The fourth-order valence-corrected chi connectivity index (χ4v) is 5.47.